The Morgan fingerprint density at radius 2 is 2.15 bits per heavy atom. The molecule has 1 aromatic carbocycles. The highest BCUT2D eigenvalue weighted by Gasteiger charge is 2.24. The molecule has 0 unspecified atom stereocenters. The second-order valence-corrected chi connectivity index (χ2v) is 5.88. The maximum Gasteiger partial charge on any atom is 0.251 e. The third-order valence-corrected chi connectivity index (χ3v) is 3.37. The van der Waals surface area contributed by atoms with Gasteiger partial charge in [-0.15, -0.1) is 0 Å². The zero-order valence-corrected chi connectivity index (χ0v) is 12.0. The number of nitrogens with two attached hydrogens (primary N) is 1. The minimum atomic E-state index is -0.642. The van der Waals surface area contributed by atoms with Gasteiger partial charge in [0.15, 0.2) is 0 Å². The van der Waals surface area contributed by atoms with E-state index in [1.54, 1.807) is 19.9 Å². The fourth-order valence-electron chi connectivity index (χ4n) is 2.48. The summed E-state index contributed by atoms with van der Waals surface area (Å²) in [6.45, 7) is 4.55. The largest absolute Gasteiger partial charge is 0.385 e. The highest BCUT2D eigenvalue weighted by molar-refractivity contribution is 5.95. The van der Waals surface area contributed by atoms with E-state index in [2.05, 4.69) is 10.6 Å². The molecule has 1 aliphatic rings. The van der Waals surface area contributed by atoms with Crippen LogP contribution in [-0.4, -0.2) is 23.9 Å². The first-order chi connectivity index (χ1) is 9.37. The fourth-order valence-corrected chi connectivity index (χ4v) is 2.48. The van der Waals surface area contributed by atoms with Crippen LogP contribution in [0.15, 0.2) is 18.2 Å². The number of benzene rings is 1. The maximum absolute atomic E-state index is 12.2. The minimum absolute atomic E-state index is 0.116. The molecule has 1 heterocycles. The fraction of sp³-hybridized carbons (Fsp3) is 0.467. The van der Waals surface area contributed by atoms with Crippen molar-refractivity contribution in [2.24, 2.45) is 5.73 Å². The van der Waals surface area contributed by atoms with Crippen molar-refractivity contribution in [3.05, 3.63) is 29.3 Å². The van der Waals surface area contributed by atoms with Crippen LogP contribution in [0.25, 0.3) is 0 Å². The van der Waals surface area contributed by atoms with Crippen LogP contribution >= 0.6 is 0 Å². The molecular formula is C15H21N3O2. The Morgan fingerprint density at radius 3 is 2.85 bits per heavy atom. The molecule has 4 N–H and O–H groups in total. The number of amides is 2. The van der Waals surface area contributed by atoms with E-state index in [-0.39, 0.29) is 12.3 Å². The van der Waals surface area contributed by atoms with Crippen LogP contribution in [0.2, 0.25) is 0 Å². The summed E-state index contributed by atoms with van der Waals surface area (Å²) in [5, 5.41) is 6.16. The molecular weight excluding hydrogens is 254 g/mol. The maximum atomic E-state index is 12.2. The Hall–Kier alpha value is -2.04. The molecule has 0 aliphatic carbocycles. The Balaban J connectivity index is 2.11. The van der Waals surface area contributed by atoms with Gasteiger partial charge in [0, 0.05) is 29.8 Å². The van der Waals surface area contributed by atoms with E-state index in [9.17, 15) is 9.59 Å². The van der Waals surface area contributed by atoms with Crippen molar-refractivity contribution in [3.63, 3.8) is 0 Å². The van der Waals surface area contributed by atoms with Gasteiger partial charge in [-0.2, -0.15) is 0 Å². The average molecular weight is 275 g/mol. The number of fused-ring (bicyclic) bond motifs is 1. The van der Waals surface area contributed by atoms with Gasteiger partial charge in [-0.1, -0.05) is 0 Å². The van der Waals surface area contributed by atoms with Gasteiger partial charge in [0.25, 0.3) is 5.91 Å². The summed E-state index contributed by atoms with van der Waals surface area (Å²) in [4.78, 5) is 23.2. The first kappa shape index (κ1) is 14.4. The van der Waals surface area contributed by atoms with Gasteiger partial charge in [0.2, 0.25) is 5.91 Å². The smallest absolute Gasteiger partial charge is 0.251 e. The SMILES string of the molecule is CC(C)(CC(N)=O)NC(=O)c1ccc2c(c1)CCCN2. The lowest BCUT2D eigenvalue weighted by atomic mass is 9.97. The normalized spacial score (nSPS) is 14.1. The number of primary amides is 1. The lowest BCUT2D eigenvalue weighted by molar-refractivity contribution is -0.119. The number of hydrogen-bond donors (Lipinski definition) is 3. The summed E-state index contributed by atoms with van der Waals surface area (Å²) >= 11 is 0. The second-order valence-electron chi connectivity index (χ2n) is 5.88. The molecule has 2 rings (SSSR count). The molecule has 0 spiro atoms. The molecule has 2 amide bonds. The Kier molecular flexibility index (Phi) is 3.97. The molecule has 0 atom stereocenters. The van der Waals surface area contributed by atoms with Crippen molar-refractivity contribution in [1.82, 2.24) is 5.32 Å². The van der Waals surface area contributed by atoms with E-state index in [0.717, 1.165) is 30.6 Å². The first-order valence-corrected chi connectivity index (χ1v) is 6.85. The molecule has 0 bridgehead atoms. The molecule has 0 saturated heterocycles. The van der Waals surface area contributed by atoms with Crippen molar-refractivity contribution in [1.29, 1.82) is 0 Å². The van der Waals surface area contributed by atoms with E-state index in [1.807, 2.05) is 12.1 Å². The zero-order chi connectivity index (χ0) is 14.8. The number of carbonyl (C=O) groups is 2. The summed E-state index contributed by atoms with van der Waals surface area (Å²) in [6.07, 6.45) is 2.17. The van der Waals surface area contributed by atoms with Crippen molar-refractivity contribution in [2.45, 2.75) is 38.6 Å². The van der Waals surface area contributed by atoms with E-state index in [0.29, 0.717) is 5.56 Å². The van der Waals surface area contributed by atoms with Gasteiger partial charge in [-0.05, 0) is 50.5 Å². The molecule has 108 valence electrons. The molecule has 0 saturated carbocycles. The lowest BCUT2D eigenvalue weighted by Crippen LogP contribution is -2.46. The molecule has 0 fully saturated rings. The van der Waals surface area contributed by atoms with Crippen LogP contribution in [0.5, 0.6) is 0 Å². The standard InChI is InChI=1S/C15H21N3O2/c1-15(2,9-13(16)19)18-14(20)11-5-6-12-10(8-11)4-3-7-17-12/h5-6,8,17H,3-4,7,9H2,1-2H3,(H2,16,19)(H,18,20). The highest BCUT2D eigenvalue weighted by atomic mass is 16.2. The third kappa shape index (κ3) is 3.50. The summed E-state index contributed by atoms with van der Waals surface area (Å²) < 4.78 is 0. The summed E-state index contributed by atoms with van der Waals surface area (Å²) in [5.41, 5.74) is 7.42. The number of anilines is 1. The second kappa shape index (κ2) is 5.53. The van der Waals surface area contributed by atoms with Crippen LogP contribution in [0.4, 0.5) is 5.69 Å². The first-order valence-electron chi connectivity index (χ1n) is 6.85. The molecule has 0 radical (unpaired) electrons. The Morgan fingerprint density at radius 1 is 1.40 bits per heavy atom. The van der Waals surface area contributed by atoms with Crippen molar-refractivity contribution < 1.29 is 9.59 Å². The van der Waals surface area contributed by atoms with Crippen LogP contribution in [-0.2, 0) is 11.2 Å². The zero-order valence-electron chi connectivity index (χ0n) is 12.0. The quantitative estimate of drug-likeness (QED) is 0.777. The van der Waals surface area contributed by atoms with Crippen molar-refractivity contribution in [2.75, 3.05) is 11.9 Å². The number of nitrogens with one attached hydrogen (secondary N) is 2. The predicted molar refractivity (Wildman–Crippen MR) is 78.6 cm³/mol. The van der Waals surface area contributed by atoms with E-state index >= 15 is 0 Å². The molecule has 1 aromatic rings. The summed E-state index contributed by atoms with van der Waals surface area (Å²) in [7, 11) is 0. The number of carbonyl (C=O) groups excluding carboxylic acids is 2. The predicted octanol–water partition coefficient (Wildman–Crippen LogP) is 1.43. The van der Waals surface area contributed by atoms with Gasteiger partial charge in [-0.3, -0.25) is 9.59 Å². The van der Waals surface area contributed by atoms with Crippen LogP contribution in [0.1, 0.15) is 42.6 Å². The van der Waals surface area contributed by atoms with Crippen LogP contribution in [0, 0.1) is 0 Å². The van der Waals surface area contributed by atoms with Gasteiger partial charge < -0.3 is 16.4 Å². The minimum Gasteiger partial charge on any atom is -0.385 e. The van der Waals surface area contributed by atoms with Gasteiger partial charge >= 0.3 is 0 Å². The van der Waals surface area contributed by atoms with E-state index in [4.69, 9.17) is 5.73 Å². The summed E-state index contributed by atoms with van der Waals surface area (Å²) in [6, 6.07) is 5.65. The number of rotatable bonds is 4. The molecule has 0 aromatic heterocycles. The monoisotopic (exact) mass is 275 g/mol. The molecule has 1 aliphatic heterocycles. The van der Waals surface area contributed by atoms with Crippen LogP contribution < -0.4 is 16.4 Å². The van der Waals surface area contributed by atoms with Gasteiger partial charge in [0.1, 0.15) is 0 Å². The third-order valence-electron chi connectivity index (χ3n) is 3.37. The lowest BCUT2D eigenvalue weighted by Gasteiger charge is -2.25. The van der Waals surface area contributed by atoms with Crippen molar-refractivity contribution >= 4 is 17.5 Å². The van der Waals surface area contributed by atoms with Gasteiger partial charge in [0.05, 0.1) is 0 Å². The molecule has 20 heavy (non-hydrogen) atoms. The molecule has 5 heteroatoms. The Labute approximate surface area is 118 Å². The van der Waals surface area contributed by atoms with E-state index < -0.39 is 11.4 Å². The topological polar surface area (TPSA) is 84.2 Å². The highest BCUT2D eigenvalue weighted by Crippen LogP contribution is 2.23. The van der Waals surface area contributed by atoms with Crippen molar-refractivity contribution in [3.8, 4) is 0 Å². The average Bonchev–Trinajstić information content (AvgIpc) is 2.36. The van der Waals surface area contributed by atoms with E-state index in [1.165, 1.54) is 0 Å². The van der Waals surface area contributed by atoms with Gasteiger partial charge in [-0.25, -0.2) is 0 Å². The van der Waals surface area contributed by atoms with Crippen LogP contribution in [0.3, 0.4) is 0 Å². The molecule has 5 nitrogen and oxygen atoms in total. The Bertz CT molecular complexity index is 538. The summed E-state index contributed by atoms with van der Waals surface area (Å²) in [5.74, 6) is -0.602. The number of hydrogen-bond acceptors (Lipinski definition) is 3. The number of aryl methyl sites for hydroxylation is 1.